The van der Waals surface area contributed by atoms with Crippen molar-refractivity contribution in [3.8, 4) is 0 Å². The maximum atomic E-state index is 0. The Hall–Kier alpha value is 3.50. The zero-order valence-corrected chi connectivity index (χ0v) is 15.1. The second-order valence-electron chi connectivity index (χ2n) is 0. The SMILES string of the molecule is [Ca+2].[Cu].[H-].[H-].[PbH2].[SnH2]. The van der Waals surface area contributed by atoms with Crippen molar-refractivity contribution in [2.75, 3.05) is 0 Å². The van der Waals surface area contributed by atoms with Crippen molar-refractivity contribution in [2.45, 2.75) is 0 Å². The van der Waals surface area contributed by atoms with Crippen LogP contribution in [-0.2, 0) is 17.1 Å². The molecule has 0 fully saturated rings. The van der Waals surface area contributed by atoms with E-state index in [0.717, 1.165) is 0 Å². The minimum absolute atomic E-state index is 0. The van der Waals surface area contributed by atoms with E-state index in [1.807, 2.05) is 0 Å². The predicted octanol–water partition coefficient (Wildman–Crippen LogP) is -1.99. The van der Waals surface area contributed by atoms with Gasteiger partial charge in [0.2, 0.25) is 0 Å². The fourth-order valence-corrected chi connectivity index (χ4v) is 0. The molecule has 0 amide bonds. The van der Waals surface area contributed by atoms with Crippen molar-refractivity contribution in [3.63, 3.8) is 0 Å². The average Bonchev–Trinajstić information content (AvgIpc) is 0. The predicted molar refractivity (Wildman–Crippen MR) is 25.1 cm³/mol. The van der Waals surface area contributed by atoms with Gasteiger partial charge in [0.1, 0.15) is 0 Å². The summed E-state index contributed by atoms with van der Waals surface area (Å²) < 4.78 is 0. The van der Waals surface area contributed by atoms with E-state index >= 15 is 0 Å². The fraction of sp³-hybridized carbons (Fsp3) is 0. The molecule has 0 unspecified atom stereocenters. The summed E-state index contributed by atoms with van der Waals surface area (Å²) in [5.41, 5.74) is 0. The summed E-state index contributed by atoms with van der Waals surface area (Å²) in [7, 11) is 0. The van der Waals surface area contributed by atoms with Crippen LogP contribution in [0.5, 0.6) is 0 Å². The maximum absolute atomic E-state index is 0. The molecular weight excluding hydrogens is 430 g/mol. The Balaban J connectivity index is 0. The molecule has 0 aromatic rings. The molecule has 4 heavy (non-hydrogen) atoms. The summed E-state index contributed by atoms with van der Waals surface area (Å²) in [6.45, 7) is 0. The number of hydrogen-bond donors (Lipinski definition) is 0. The summed E-state index contributed by atoms with van der Waals surface area (Å²) >= 11 is 0. The van der Waals surface area contributed by atoms with Gasteiger partial charge in [0.05, 0.1) is 0 Å². The van der Waals surface area contributed by atoms with Crippen LogP contribution in [0.4, 0.5) is 0 Å². The van der Waals surface area contributed by atoms with Gasteiger partial charge in [-0.1, -0.05) is 0 Å². The van der Waals surface area contributed by atoms with Gasteiger partial charge in [-0.3, -0.25) is 0 Å². The van der Waals surface area contributed by atoms with Gasteiger partial charge in [0.25, 0.3) is 0 Å². The van der Waals surface area contributed by atoms with Gasteiger partial charge in [-0.25, -0.2) is 0 Å². The zero-order valence-electron chi connectivity index (χ0n) is 4.42. The molecule has 0 saturated carbocycles. The topological polar surface area (TPSA) is 0 Å². The Morgan fingerprint density at radius 1 is 1.25 bits per heavy atom. The summed E-state index contributed by atoms with van der Waals surface area (Å²) in [5, 5.41) is 0. The van der Waals surface area contributed by atoms with Crippen LogP contribution in [0, 0.1) is 0 Å². The van der Waals surface area contributed by atoms with E-state index in [9.17, 15) is 0 Å². The minimum atomic E-state index is 0. The van der Waals surface area contributed by atoms with Crippen molar-refractivity contribution in [3.05, 3.63) is 0 Å². The van der Waals surface area contributed by atoms with Gasteiger partial charge >= 0.3 is 88.9 Å². The molecule has 27 valence electrons. The zero-order chi connectivity index (χ0) is 0. The van der Waals surface area contributed by atoms with Crippen LogP contribution in [0.25, 0.3) is 0 Å². The van der Waals surface area contributed by atoms with Gasteiger partial charge < -0.3 is 2.85 Å². The first-order chi connectivity index (χ1) is 0. The van der Waals surface area contributed by atoms with Crippen molar-refractivity contribution >= 4 is 88.9 Å². The summed E-state index contributed by atoms with van der Waals surface area (Å²) in [6.07, 6.45) is 0. The molecule has 0 saturated heterocycles. The van der Waals surface area contributed by atoms with Crippen LogP contribution >= 0.6 is 0 Å². The van der Waals surface area contributed by atoms with Crippen molar-refractivity contribution < 1.29 is 19.9 Å². The van der Waals surface area contributed by atoms with Crippen LogP contribution in [0.1, 0.15) is 2.85 Å². The molecule has 0 heterocycles. The van der Waals surface area contributed by atoms with Gasteiger partial charge in [-0.2, -0.15) is 0 Å². The summed E-state index contributed by atoms with van der Waals surface area (Å²) in [4.78, 5) is 0. The first-order valence-corrected chi connectivity index (χ1v) is 0. The number of rotatable bonds is 0. The quantitative estimate of drug-likeness (QED) is 0.387. The average molecular weight is 436 g/mol. The first kappa shape index (κ1) is 25.9. The van der Waals surface area contributed by atoms with Gasteiger partial charge in [-0.15, -0.1) is 0 Å². The second-order valence-corrected chi connectivity index (χ2v) is 0. The molecule has 0 rings (SSSR count). The Morgan fingerprint density at radius 3 is 1.25 bits per heavy atom. The molecule has 5 radical (unpaired) electrons. The molecule has 0 aromatic carbocycles. The molecule has 0 aromatic heterocycles. The molecule has 0 aliphatic carbocycles. The van der Waals surface area contributed by atoms with E-state index in [2.05, 4.69) is 0 Å². The van der Waals surface area contributed by atoms with E-state index < -0.39 is 0 Å². The normalized spacial score (nSPS) is 0. The molecule has 0 N–H and O–H groups in total. The van der Waals surface area contributed by atoms with Crippen LogP contribution in [0.15, 0.2) is 0 Å². The van der Waals surface area contributed by atoms with Gasteiger partial charge in [0.15, 0.2) is 0 Å². The Labute approximate surface area is 106 Å². The Bertz CT molecular complexity index is 13.5. The third-order valence-corrected chi connectivity index (χ3v) is 0. The van der Waals surface area contributed by atoms with E-state index in [-0.39, 0.29) is 109 Å². The molecule has 0 atom stereocenters. The van der Waals surface area contributed by atoms with Crippen LogP contribution in [0.3, 0.4) is 0 Å². The van der Waals surface area contributed by atoms with Gasteiger partial charge in [0, 0.05) is 17.1 Å². The van der Waals surface area contributed by atoms with Crippen molar-refractivity contribution in [1.82, 2.24) is 0 Å². The first-order valence-electron chi connectivity index (χ1n) is 0. The molecular formula is H6CaCuPbSn. The second kappa shape index (κ2) is 16.1. The molecule has 0 bridgehead atoms. The van der Waals surface area contributed by atoms with Crippen LogP contribution in [0.2, 0.25) is 0 Å². The molecule has 0 nitrogen and oxygen atoms in total. The van der Waals surface area contributed by atoms with E-state index in [4.69, 9.17) is 0 Å². The molecule has 0 spiro atoms. The standard InChI is InChI=1S/Ca.Cu.Pb.Sn.6H/q+2;;;;;;;;2*-1. The summed E-state index contributed by atoms with van der Waals surface area (Å²) in [6, 6.07) is 0. The van der Waals surface area contributed by atoms with Crippen molar-refractivity contribution in [1.29, 1.82) is 0 Å². The van der Waals surface area contributed by atoms with Gasteiger partial charge in [-0.05, 0) is 0 Å². The third-order valence-electron chi connectivity index (χ3n) is 0. The molecule has 0 aliphatic heterocycles. The van der Waals surface area contributed by atoms with E-state index in [1.54, 1.807) is 0 Å². The van der Waals surface area contributed by atoms with E-state index in [0.29, 0.717) is 0 Å². The molecule has 0 aliphatic rings. The Kier molecular flexibility index (Phi) is 104. The summed E-state index contributed by atoms with van der Waals surface area (Å²) in [5.74, 6) is 0. The Morgan fingerprint density at radius 2 is 1.25 bits per heavy atom. The fourth-order valence-electron chi connectivity index (χ4n) is 0. The third kappa shape index (κ3) is 9.09. The van der Waals surface area contributed by atoms with E-state index in [1.165, 1.54) is 0 Å². The number of hydrogen-bond acceptors (Lipinski definition) is 0. The van der Waals surface area contributed by atoms with Crippen molar-refractivity contribution in [2.24, 2.45) is 0 Å². The molecule has 4 heteroatoms. The van der Waals surface area contributed by atoms with Crippen LogP contribution < -0.4 is 0 Å². The monoisotopic (exact) mass is 437 g/mol. The van der Waals surface area contributed by atoms with Crippen LogP contribution in [-0.4, -0.2) is 88.9 Å².